The summed E-state index contributed by atoms with van der Waals surface area (Å²) in [5, 5.41) is 0. The molecule has 0 N–H and O–H groups in total. The van der Waals surface area contributed by atoms with Crippen molar-refractivity contribution in [2.75, 3.05) is 6.61 Å². The zero-order chi connectivity index (χ0) is 10.3. The second kappa shape index (κ2) is 6.93. The van der Waals surface area contributed by atoms with Gasteiger partial charge < -0.3 is 4.74 Å². The average Bonchev–Trinajstić information content (AvgIpc) is 2.02. The average molecular weight is 186 g/mol. The van der Waals surface area contributed by atoms with Crippen LogP contribution in [-0.2, 0) is 9.53 Å². The Morgan fingerprint density at radius 1 is 1.15 bits per heavy atom. The lowest BCUT2D eigenvalue weighted by Gasteiger charge is -2.07. The topological polar surface area (TPSA) is 26.3 Å². The zero-order valence-corrected chi connectivity index (χ0v) is 9.30. The molecule has 0 saturated carbocycles. The summed E-state index contributed by atoms with van der Waals surface area (Å²) in [6.07, 6.45) is 3.37. The minimum Gasteiger partial charge on any atom is -0.465 e. The van der Waals surface area contributed by atoms with Gasteiger partial charge in [-0.05, 0) is 18.8 Å². The van der Waals surface area contributed by atoms with Crippen LogP contribution in [0.1, 0.15) is 47.0 Å². The Morgan fingerprint density at radius 2 is 1.77 bits per heavy atom. The number of unbranched alkanes of at least 4 members (excludes halogenated alkanes) is 1. The molecule has 0 spiro atoms. The van der Waals surface area contributed by atoms with Crippen molar-refractivity contribution in [2.24, 2.45) is 11.8 Å². The monoisotopic (exact) mass is 186 g/mol. The van der Waals surface area contributed by atoms with Crippen molar-refractivity contribution in [3.05, 3.63) is 0 Å². The molecule has 0 aromatic rings. The van der Waals surface area contributed by atoms with Crippen LogP contribution in [0.4, 0.5) is 0 Å². The maximum Gasteiger partial charge on any atom is 0.308 e. The summed E-state index contributed by atoms with van der Waals surface area (Å²) in [6.45, 7) is 8.72. The molecule has 0 saturated heterocycles. The van der Waals surface area contributed by atoms with Crippen LogP contribution in [0.3, 0.4) is 0 Å². The molecule has 0 heterocycles. The quantitative estimate of drug-likeness (QED) is 0.471. The molecule has 0 bridgehead atoms. The van der Waals surface area contributed by atoms with E-state index in [0.717, 1.165) is 18.8 Å². The van der Waals surface area contributed by atoms with E-state index in [4.69, 9.17) is 4.74 Å². The van der Waals surface area contributed by atoms with E-state index in [-0.39, 0.29) is 11.9 Å². The molecular weight excluding hydrogens is 164 g/mol. The Morgan fingerprint density at radius 3 is 2.23 bits per heavy atom. The van der Waals surface area contributed by atoms with E-state index >= 15 is 0 Å². The van der Waals surface area contributed by atoms with Gasteiger partial charge in [-0.1, -0.05) is 34.1 Å². The maximum atomic E-state index is 11.0. The van der Waals surface area contributed by atoms with E-state index in [1.807, 2.05) is 13.8 Å². The zero-order valence-electron chi connectivity index (χ0n) is 9.30. The lowest BCUT2D eigenvalue weighted by atomic mass is 10.1. The van der Waals surface area contributed by atoms with Gasteiger partial charge in [0.05, 0.1) is 12.5 Å². The van der Waals surface area contributed by atoms with E-state index in [2.05, 4.69) is 13.8 Å². The molecule has 0 aromatic heterocycles. The summed E-state index contributed by atoms with van der Waals surface area (Å²) in [5.41, 5.74) is 0. The molecule has 0 amide bonds. The standard InChI is InChI=1S/C11H22O2/c1-9(2)7-5-6-8-13-11(12)10(3)4/h9-10H,5-8H2,1-4H3. The minimum absolute atomic E-state index is 0.00472. The van der Waals surface area contributed by atoms with Crippen LogP contribution in [0.15, 0.2) is 0 Å². The third kappa shape index (κ3) is 7.82. The van der Waals surface area contributed by atoms with Gasteiger partial charge in [-0.15, -0.1) is 0 Å². The fourth-order valence-corrected chi connectivity index (χ4v) is 0.994. The fourth-order valence-electron chi connectivity index (χ4n) is 0.994. The molecule has 0 rings (SSSR count). The highest BCUT2D eigenvalue weighted by molar-refractivity contribution is 5.71. The van der Waals surface area contributed by atoms with Crippen molar-refractivity contribution < 1.29 is 9.53 Å². The highest BCUT2D eigenvalue weighted by atomic mass is 16.5. The van der Waals surface area contributed by atoms with Crippen molar-refractivity contribution in [3.63, 3.8) is 0 Å². The molecule has 0 aliphatic carbocycles. The van der Waals surface area contributed by atoms with Crippen molar-refractivity contribution in [3.8, 4) is 0 Å². The Kier molecular flexibility index (Phi) is 6.65. The molecule has 0 fully saturated rings. The van der Waals surface area contributed by atoms with E-state index in [1.54, 1.807) is 0 Å². The van der Waals surface area contributed by atoms with Gasteiger partial charge in [0.25, 0.3) is 0 Å². The highest BCUT2D eigenvalue weighted by Crippen LogP contribution is 2.06. The summed E-state index contributed by atoms with van der Waals surface area (Å²) in [5.74, 6) is 0.676. The Hall–Kier alpha value is -0.530. The molecule has 13 heavy (non-hydrogen) atoms. The first kappa shape index (κ1) is 12.5. The van der Waals surface area contributed by atoms with Gasteiger partial charge >= 0.3 is 5.97 Å². The first-order chi connectivity index (χ1) is 6.04. The van der Waals surface area contributed by atoms with Gasteiger partial charge in [-0.25, -0.2) is 0 Å². The number of hydrogen-bond acceptors (Lipinski definition) is 2. The molecule has 0 aliphatic heterocycles. The van der Waals surface area contributed by atoms with Gasteiger partial charge in [-0.2, -0.15) is 0 Å². The van der Waals surface area contributed by atoms with Crippen LogP contribution in [0.5, 0.6) is 0 Å². The van der Waals surface area contributed by atoms with Crippen molar-refractivity contribution in [1.82, 2.24) is 0 Å². The lowest BCUT2D eigenvalue weighted by Crippen LogP contribution is -2.12. The minimum atomic E-state index is -0.0791. The molecule has 0 aliphatic rings. The van der Waals surface area contributed by atoms with Crippen LogP contribution in [-0.4, -0.2) is 12.6 Å². The first-order valence-electron chi connectivity index (χ1n) is 5.20. The molecule has 2 nitrogen and oxygen atoms in total. The van der Waals surface area contributed by atoms with E-state index in [1.165, 1.54) is 6.42 Å². The molecule has 0 aromatic carbocycles. The number of rotatable bonds is 6. The second-order valence-corrected chi connectivity index (χ2v) is 4.21. The van der Waals surface area contributed by atoms with E-state index < -0.39 is 0 Å². The summed E-state index contributed by atoms with van der Waals surface area (Å²) in [4.78, 5) is 11.0. The largest absolute Gasteiger partial charge is 0.465 e. The number of carbonyl (C=O) groups is 1. The number of carbonyl (C=O) groups excluding carboxylic acids is 1. The van der Waals surface area contributed by atoms with Crippen LogP contribution >= 0.6 is 0 Å². The van der Waals surface area contributed by atoms with Crippen LogP contribution < -0.4 is 0 Å². The van der Waals surface area contributed by atoms with Gasteiger partial charge in [-0.3, -0.25) is 4.79 Å². The van der Waals surface area contributed by atoms with Gasteiger partial charge in [0.1, 0.15) is 0 Å². The van der Waals surface area contributed by atoms with Crippen LogP contribution in [0, 0.1) is 11.8 Å². The SMILES string of the molecule is CC(C)CCCCOC(=O)C(C)C. The van der Waals surface area contributed by atoms with E-state index in [0.29, 0.717) is 6.61 Å². The van der Waals surface area contributed by atoms with Crippen molar-refractivity contribution in [2.45, 2.75) is 47.0 Å². The Labute approximate surface area is 81.7 Å². The van der Waals surface area contributed by atoms with E-state index in [9.17, 15) is 4.79 Å². The van der Waals surface area contributed by atoms with Gasteiger partial charge in [0.15, 0.2) is 0 Å². The van der Waals surface area contributed by atoms with Crippen molar-refractivity contribution in [1.29, 1.82) is 0 Å². The predicted molar refractivity (Wildman–Crippen MR) is 54.5 cm³/mol. The molecule has 2 heteroatoms. The first-order valence-corrected chi connectivity index (χ1v) is 5.20. The maximum absolute atomic E-state index is 11.0. The molecule has 0 atom stereocenters. The second-order valence-electron chi connectivity index (χ2n) is 4.21. The number of ether oxygens (including phenoxy) is 1. The Balaban J connectivity index is 3.21. The summed E-state index contributed by atoms with van der Waals surface area (Å²) in [7, 11) is 0. The molecule has 78 valence electrons. The summed E-state index contributed by atoms with van der Waals surface area (Å²) in [6, 6.07) is 0. The number of esters is 1. The third-order valence-corrected chi connectivity index (χ3v) is 1.89. The Bertz CT molecular complexity index is 139. The smallest absolute Gasteiger partial charge is 0.308 e. The third-order valence-electron chi connectivity index (χ3n) is 1.89. The van der Waals surface area contributed by atoms with Crippen LogP contribution in [0.25, 0.3) is 0 Å². The molecule has 0 unspecified atom stereocenters. The molecular formula is C11H22O2. The fraction of sp³-hybridized carbons (Fsp3) is 0.909. The predicted octanol–water partition coefficient (Wildman–Crippen LogP) is 3.01. The summed E-state index contributed by atoms with van der Waals surface area (Å²) >= 11 is 0. The van der Waals surface area contributed by atoms with Gasteiger partial charge in [0.2, 0.25) is 0 Å². The normalized spacial score (nSPS) is 10.9. The van der Waals surface area contributed by atoms with Crippen molar-refractivity contribution >= 4 is 5.97 Å². The molecule has 0 radical (unpaired) electrons. The lowest BCUT2D eigenvalue weighted by molar-refractivity contribution is -0.147. The highest BCUT2D eigenvalue weighted by Gasteiger charge is 2.06. The summed E-state index contributed by atoms with van der Waals surface area (Å²) < 4.78 is 5.05. The van der Waals surface area contributed by atoms with Gasteiger partial charge in [0, 0.05) is 0 Å². The van der Waals surface area contributed by atoms with Crippen LogP contribution in [0.2, 0.25) is 0 Å². The number of hydrogen-bond donors (Lipinski definition) is 0.